The van der Waals surface area contributed by atoms with E-state index in [0.29, 0.717) is 11.8 Å². The standard InChI is InChI=1S/C31H27N5S/c1-16(2)26-12-23-21-8-7-18(9-22(21)24-13-33-34-14-25(24)30(23)35-26)19-5-6-20-11-29(37-28(20)10-19)27-15-32-31(36-27)17(3)4/h5-11,13-17H,12H2,1-4H3,(H,32,36). The van der Waals surface area contributed by atoms with Crippen molar-refractivity contribution in [2.45, 2.75) is 40.0 Å². The van der Waals surface area contributed by atoms with Gasteiger partial charge in [0, 0.05) is 33.5 Å². The van der Waals surface area contributed by atoms with Crippen LogP contribution in [0, 0.1) is 5.92 Å². The van der Waals surface area contributed by atoms with Gasteiger partial charge in [0.25, 0.3) is 0 Å². The Morgan fingerprint density at radius 1 is 0.784 bits per heavy atom. The fourth-order valence-electron chi connectivity index (χ4n) is 5.33. The van der Waals surface area contributed by atoms with Gasteiger partial charge in [0.15, 0.2) is 0 Å². The molecule has 0 fully saturated rings. The molecule has 0 bridgehead atoms. The van der Waals surface area contributed by atoms with Gasteiger partial charge in [-0.05, 0) is 57.0 Å². The molecule has 182 valence electrons. The van der Waals surface area contributed by atoms with Crippen LogP contribution in [0.3, 0.4) is 0 Å². The Morgan fingerprint density at radius 2 is 1.57 bits per heavy atom. The van der Waals surface area contributed by atoms with E-state index in [4.69, 9.17) is 4.99 Å². The third kappa shape index (κ3) is 3.58. The van der Waals surface area contributed by atoms with Crippen molar-refractivity contribution in [2.75, 3.05) is 0 Å². The summed E-state index contributed by atoms with van der Waals surface area (Å²) in [5.41, 5.74) is 7.12. The summed E-state index contributed by atoms with van der Waals surface area (Å²) in [5, 5.41) is 14.3. The average Bonchev–Trinajstić information content (AvgIpc) is 3.66. The second-order valence-corrected chi connectivity index (χ2v) is 11.6. The fourth-order valence-corrected chi connectivity index (χ4v) is 6.39. The lowest BCUT2D eigenvalue weighted by Gasteiger charge is -2.12. The van der Waals surface area contributed by atoms with E-state index in [9.17, 15) is 0 Å². The SMILES string of the molecule is CC(C)C1=Nc2c(c3ccc(-c4ccc5cc(-c6cnc(C(C)C)[nH]6)sc5c4)cc3c3cnncc23)C1. The molecule has 6 aromatic rings. The highest BCUT2D eigenvalue weighted by Gasteiger charge is 2.23. The van der Waals surface area contributed by atoms with Crippen LogP contribution in [0.15, 0.2) is 66.0 Å². The van der Waals surface area contributed by atoms with Crippen molar-refractivity contribution in [3.63, 3.8) is 0 Å². The van der Waals surface area contributed by atoms with Gasteiger partial charge in [-0.25, -0.2) is 4.98 Å². The summed E-state index contributed by atoms with van der Waals surface area (Å²) in [6.07, 6.45) is 6.60. The maximum absolute atomic E-state index is 5.03. The number of benzene rings is 3. The van der Waals surface area contributed by atoms with E-state index in [1.165, 1.54) is 48.1 Å². The number of aromatic amines is 1. The second-order valence-electron chi connectivity index (χ2n) is 10.5. The van der Waals surface area contributed by atoms with Crippen LogP contribution in [-0.4, -0.2) is 25.9 Å². The van der Waals surface area contributed by atoms with E-state index in [2.05, 4.69) is 90.3 Å². The Hall–Kier alpha value is -3.90. The van der Waals surface area contributed by atoms with Gasteiger partial charge in [-0.1, -0.05) is 52.0 Å². The Bertz CT molecular complexity index is 1870. The summed E-state index contributed by atoms with van der Waals surface area (Å²) in [6, 6.07) is 15.8. The molecular weight excluding hydrogens is 474 g/mol. The highest BCUT2D eigenvalue weighted by atomic mass is 32.1. The van der Waals surface area contributed by atoms with Crippen molar-refractivity contribution < 1.29 is 0 Å². The molecule has 0 radical (unpaired) electrons. The first-order valence-electron chi connectivity index (χ1n) is 12.8. The predicted octanol–water partition coefficient (Wildman–Crippen LogP) is 8.46. The molecule has 5 nitrogen and oxygen atoms in total. The molecule has 0 unspecified atom stereocenters. The average molecular weight is 502 g/mol. The molecule has 0 amide bonds. The highest BCUT2D eigenvalue weighted by molar-refractivity contribution is 7.22. The third-order valence-electron chi connectivity index (χ3n) is 7.45. The zero-order chi connectivity index (χ0) is 25.3. The highest BCUT2D eigenvalue weighted by Crippen LogP contribution is 2.43. The van der Waals surface area contributed by atoms with Crippen LogP contribution >= 0.6 is 11.3 Å². The summed E-state index contributed by atoms with van der Waals surface area (Å²) in [5.74, 6) is 1.83. The van der Waals surface area contributed by atoms with Crippen LogP contribution in [0.2, 0.25) is 0 Å². The number of hydrogen-bond donors (Lipinski definition) is 1. The number of nitrogens with zero attached hydrogens (tertiary/aromatic N) is 4. The van der Waals surface area contributed by atoms with Gasteiger partial charge in [-0.2, -0.15) is 10.2 Å². The van der Waals surface area contributed by atoms with Crippen LogP contribution in [0.25, 0.3) is 53.3 Å². The topological polar surface area (TPSA) is 66.8 Å². The third-order valence-corrected chi connectivity index (χ3v) is 8.58. The van der Waals surface area contributed by atoms with E-state index in [-0.39, 0.29) is 0 Å². The Kier molecular flexibility index (Phi) is 5.01. The molecule has 4 heterocycles. The summed E-state index contributed by atoms with van der Waals surface area (Å²) >= 11 is 1.80. The summed E-state index contributed by atoms with van der Waals surface area (Å²) in [6.45, 7) is 8.75. The number of aliphatic imine (C=N–C) groups is 1. The zero-order valence-corrected chi connectivity index (χ0v) is 22.1. The summed E-state index contributed by atoms with van der Waals surface area (Å²) in [4.78, 5) is 14.3. The minimum atomic E-state index is 0.384. The molecule has 1 aliphatic heterocycles. The first-order chi connectivity index (χ1) is 18.0. The maximum Gasteiger partial charge on any atom is 0.109 e. The largest absolute Gasteiger partial charge is 0.341 e. The smallest absolute Gasteiger partial charge is 0.109 e. The fraction of sp³-hybridized carbons (Fsp3) is 0.226. The van der Waals surface area contributed by atoms with Crippen molar-refractivity contribution in [1.82, 2.24) is 20.2 Å². The second kappa shape index (κ2) is 8.32. The molecule has 0 spiro atoms. The monoisotopic (exact) mass is 501 g/mol. The van der Waals surface area contributed by atoms with Gasteiger partial charge in [-0.3, -0.25) is 4.99 Å². The van der Waals surface area contributed by atoms with E-state index >= 15 is 0 Å². The number of fused-ring (bicyclic) bond motifs is 7. The van der Waals surface area contributed by atoms with Crippen molar-refractivity contribution in [3.05, 3.63) is 72.4 Å². The molecule has 7 rings (SSSR count). The van der Waals surface area contributed by atoms with Crippen molar-refractivity contribution >= 4 is 54.4 Å². The number of aromatic nitrogens is 4. The number of hydrogen-bond acceptors (Lipinski definition) is 5. The number of nitrogens with one attached hydrogen (secondary N) is 1. The van der Waals surface area contributed by atoms with Crippen molar-refractivity contribution in [2.24, 2.45) is 10.9 Å². The minimum Gasteiger partial charge on any atom is -0.341 e. The number of imidazole rings is 1. The number of H-pyrrole nitrogens is 1. The Labute approximate surface area is 219 Å². The summed E-state index contributed by atoms with van der Waals surface area (Å²) < 4.78 is 1.27. The Balaban J connectivity index is 1.34. The molecular formula is C31H27N5S. The van der Waals surface area contributed by atoms with Gasteiger partial charge >= 0.3 is 0 Å². The van der Waals surface area contributed by atoms with E-state index < -0.39 is 0 Å². The van der Waals surface area contributed by atoms with Crippen LogP contribution in [0.4, 0.5) is 5.69 Å². The van der Waals surface area contributed by atoms with Crippen LogP contribution in [-0.2, 0) is 6.42 Å². The van der Waals surface area contributed by atoms with Gasteiger partial charge in [-0.15, -0.1) is 11.3 Å². The lowest BCUT2D eigenvalue weighted by Crippen LogP contribution is -2.06. The zero-order valence-electron chi connectivity index (χ0n) is 21.3. The quantitative estimate of drug-likeness (QED) is 0.246. The number of thiophene rings is 1. The van der Waals surface area contributed by atoms with Crippen molar-refractivity contribution in [3.8, 4) is 21.7 Å². The maximum atomic E-state index is 5.03. The minimum absolute atomic E-state index is 0.384. The molecule has 37 heavy (non-hydrogen) atoms. The van der Waals surface area contributed by atoms with Gasteiger partial charge in [0.1, 0.15) is 5.82 Å². The van der Waals surface area contributed by atoms with E-state index in [0.717, 1.165) is 34.4 Å². The van der Waals surface area contributed by atoms with Crippen molar-refractivity contribution in [1.29, 1.82) is 0 Å². The van der Waals surface area contributed by atoms with Gasteiger partial charge in [0.2, 0.25) is 0 Å². The molecule has 0 atom stereocenters. The first kappa shape index (κ1) is 22.3. The van der Waals surface area contributed by atoms with Crippen LogP contribution in [0.5, 0.6) is 0 Å². The molecule has 3 aromatic heterocycles. The van der Waals surface area contributed by atoms with E-state index in [1.807, 2.05) is 18.6 Å². The van der Waals surface area contributed by atoms with Gasteiger partial charge < -0.3 is 4.98 Å². The first-order valence-corrected chi connectivity index (χ1v) is 13.6. The summed E-state index contributed by atoms with van der Waals surface area (Å²) in [7, 11) is 0. The molecule has 0 aliphatic carbocycles. The molecule has 1 aliphatic rings. The van der Waals surface area contributed by atoms with E-state index in [1.54, 1.807) is 11.3 Å². The molecule has 0 saturated carbocycles. The number of rotatable bonds is 4. The van der Waals surface area contributed by atoms with Crippen LogP contribution < -0.4 is 0 Å². The predicted molar refractivity (Wildman–Crippen MR) is 155 cm³/mol. The normalized spacial score (nSPS) is 13.4. The lowest BCUT2D eigenvalue weighted by atomic mass is 9.92. The molecule has 1 N–H and O–H groups in total. The molecule has 6 heteroatoms. The van der Waals surface area contributed by atoms with Gasteiger partial charge in [0.05, 0.1) is 34.8 Å². The molecule has 0 saturated heterocycles. The van der Waals surface area contributed by atoms with Crippen LogP contribution in [0.1, 0.15) is 45.0 Å². The molecule has 3 aromatic carbocycles. The lowest BCUT2D eigenvalue weighted by molar-refractivity contribution is 0.795. The Morgan fingerprint density at radius 3 is 2.35 bits per heavy atom.